The number of aromatic nitrogens is 1. The summed E-state index contributed by atoms with van der Waals surface area (Å²) in [4.78, 5) is 41.3. The summed E-state index contributed by atoms with van der Waals surface area (Å²) in [5.74, 6) is -0.723. The molecular weight excluding hydrogens is 328 g/mol. The number of urea groups is 1. The molecule has 1 aromatic carbocycles. The number of thiazole rings is 1. The molecule has 0 bridgehead atoms. The van der Waals surface area contributed by atoms with Crippen LogP contribution >= 0.6 is 11.3 Å². The minimum absolute atomic E-state index is 0.105. The van der Waals surface area contributed by atoms with E-state index in [0.717, 1.165) is 10.5 Å². The highest BCUT2D eigenvalue weighted by Gasteiger charge is 2.38. The number of nitrogens with zero attached hydrogens (tertiary/aromatic N) is 2. The maximum atomic E-state index is 12.3. The second-order valence-corrected chi connectivity index (χ2v) is 6.21. The first-order valence-corrected chi connectivity index (χ1v) is 8.36. The molecule has 4 amide bonds. The van der Waals surface area contributed by atoms with Gasteiger partial charge in [0.15, 0.2) is 5.13 Å². The molecule has 1 atom stereocenters. The Kier molecular flexibility index (Phi) is 4.85. The second-order valence-electron chi connectivity index (χ2n) is 5.32. The minimum Gasteiger partial charge on any atom is -0.325 e. The normalized spacial score (nSPS) is 17.0. The zero-order chi connectivity index (χ0) is 16.9. The van der Waals surface area contributed by atoms with Gasteiger partial charge in [0.1, 0.15) is 6.04 Å². The molecule has 2 N–H and O–H groups in total. The summed E-state index contributed by atoms with van der Waals surface area (Å²) in [5.41, 5.74) is 1.04. The molecule has 0 saturated carbocycles. The molecule has 8 heteroatoms. The molecule has 2 heterocycles. The van der Waals surface area contributed by atoms with Crippen molar-refractivity contribution in [1.29, 1.82) is 0 Å². The molecule has 1 aliphatic rings. The number of rotatable bonds is 6. The minimum atomic E-state index is -0.826. The van der Waals surface area contributed by atoms with Gasteiger partial charge in [-0.25, -0.2) is 9.78 Å². The van der Waals surface area contributed by atoms with Gasteiger partial charge >= 0.3 is 6.03 Å². The molecule has 124 valence electrons. The molecule has 0 unspecified atom stereocenters. The molecule has 2 aromatic rings. The zero-order valence-electron chi connectivity index (χ0n) is 12.8. The maximum absolute atomic E-state index is 12.3. The van der Waals surface area contributed by atoms with E-state index >= 15 is 0 Å². The topological polar surface area (TPSA) is 91.4 Å². The third kappa shape index (κ3) is 3.77. The van der Waals surface area contributed by atoms with E-state index in [1.54, 1.807) is 11.6 Å². The number of carbonyl (C=O) groups is 3. The van der Waals surface area contributed by atoms with Crippen LogP contribution in [0, 0.1) is 0 Å². The Morgan fingerprint density at radius 2 is 2.08 bits per heavy atom. The quantitative estimate of drug-likeness (QED) is 0.779. The summed E-state index contributed by atoms with van der Waals surface area (Å²) >= 11 is 1.29. The Balaban J connectivity index is 1.54. The first kappa shape index (κ1) is 16.1. The van der Waals surface area contributed by atoms with Gasteiger partial charge in [-0.3, -0.25) is 14.5 Å². The Bertz CT molecular complexity index is 733. The van der Waals surface area contributed by atoms with Crippen LogP contribution in [0.2, 0.25) is 0 Å². The molecule has 7 nitrogen and oxygen atoms in total. The van der Waals surface area contributed by atoms with E-state index in [1.165, 1.54) is 11.3 Å². The third-order valence-electron chi connectivity index (χ3n) is 3.64. The molecule has 0 spiro atoms. The van der Waals surface area contributed by atoms with Crippen LogP contribution in [0.4, 0.5) is 9.93 Å². The van der Waals surface area contributed by atoms with Gasteiger partial charge in [-0.05, 0) is 12.0 Å². The predicted molar refractivity (Wildman–Crippen MR) is 89.5 cm³/mol. The van der Waals surface area contributed by atoms with Crippen LogP contribution in [-0.4, -0.2) is 40.3 Å². The fraction of sp³-hybridized carbons (Fsp3) is 0.250. The lowest BCUT2D eigenvalue weighted by atomic mass is 10.1. The molecule has 3 rings (SSSR count). The summed E-state index contributed by atoms with van der Waals surface area (Å²) in [7, 11) is 0. The van der Waals surface area contributed by atoms with Crippen LogP contribution in [0.5, 0.6) is 0 Å². The van der Waals surface area contributed by atoms with Crippen molar-refractivity contribution in [3.8, 4) is 0 Å². The summed E-state index contributed by atoms with van der Waals surface area (Å²) < 4.78 is 0. The fourth-order valence-electron chi connectivity index (χ4n) is 2.45. The molecule has 1 aliphatic heterocycles. The molecule has 1 saturated heterocycles. The predicted octanol–water partition coefficient (Wildman–Crippen LogP) is 1.63. The van der Waals surface area contributed by atoms with Crippen molar-refractivity contribution >= 4 is 34.3 Å². The Labute approximate surface area is 142 Å². The van der Waals surface area contributed by atoms with E-state index in [1.807, 2.05) is 30.3 Å². The highest BCUT2D eigenvalue weighted by atomic mass is 32.1. The lowest BCUT2D eigenvalue weighted by Gasteiger charge is -2.12. The Morgan fingerprint density at radius 3 is 2.79 bits per heavy atom. The monoisotopic (exact) mass is 344 g/mol. The van der Waals surface area contributed by atoms with Crippen molar-refractivity contribution in [3.05, 3.63) is 47.5 Å². The van der Waals surface area contributed by atoms with Crippen molar-refractivity contribution in [2.45, 2.75) is 18.9 Å². The average Bonchev–Trinajstić information content (AvgIpc) is 3.16. The SMILES string of the molecule is O=C(C[C@H]1NC(=O)N(CCc2ccccc2)C1=O)Nc1nccs1. The van der Waals surface area contributed by atoms with Gasteiger partial charge < -0.3 is 10.6 Å². The van der Waals surface area contributed by atoms with E-state index in [9.17, 15) is 14.4 Å². The number of benzene rings is 1. The van der Waals surface area contributed by atoms with Crippen LogP contribution in [0.3, 0.4) is 0 Å². The van der Waals surface area contributed by atoms with E-state index < -0.39 is 12.1 Å². The summed E-state index contributed by atoms with van der Waals surface area (Å²) in [5, 5.41) is 7.37. The van der Waals surface area contributed by atoms with Crippen LogP contribution < -0.4 is 10.6 Å². The third-order valence-corrected chi connectivity index (χ3v) is 4.33. The van der Waals surface area contributed by atoms with Gasteiger partial charge in [0.25, 0.3) is 5.91 Å². The number of imide groups is 1. The molecular formula is C16H16N4O3S. The van der Waals surface area contributed by atoms with Crippen molar-refractivity contribution in [1.82, 2.24) is 15.2 Å². The summed E-state index contributed by atoms with van der Waals surface area (Å²) in [6.07, 6.45) is 2.05. The second kappa shape index (κ2) is 7.22. The molecule has 0 aliphatic carbocycles. The van der Waals surface area contributed by atoms with Crippen LogP contribution in [0.15, 0.2) is 41.9 Å². The summed E-state index contributed by atoms with van der Waals surface area (Å²) in [6.45, 7) is 0.291. The lowest BCUT2D eigenvalue weighted by molar-refractivity contribution is -0.129. The van der Waals surface area contributed by atoms with E-state index in [4.69, 9.17) is 0 Å². The van der Waals surface area contributed by atoms with E-state index in [0.29, 0.717) is 18.1 Å². The van der Waals surface area contributed by atoms with Gasteiger partial charge in [0, 0.05) is 18.1 Å². The van der Waals surface area contributed by atoms with Crippen LogP contribution in [0.25, 0.3) is 0 Å². The maximum Gasteiger partial charge on any atom is 0.324 e. The Morgan fingerprint density at radius 1 is 1.29 bits per heavy atom. The Hall–Kier alpha value is -2.74. The summed E-state index contributed by atoms with van der Waals surface area (Å²) in [6, 6.07) is 8.33. The first-order chi connectivity index (χ1) is 11.6. The number of hydrogen-bond donors (Lipinski definition) is 2. The van der Waals surface area contributed by atoms with E-state index in [-0.39, 0.29) is 18.2 Å². The van der Waals surface area contributed by atoms with Gasteiger partial charge in [0.05, 0.1) is 6.42 Å². The van der Waals surface area contributed by atoms with Crippen molar-refractivity contribution in [2.24, 2.45) is 0 Å². The van der Waals surface area contributed by atoms with Gasteiger partial charge in [-0.2, -0.15) is 0 Å². The highest BCUT2D eigenvalue weighted by Crippen LogP contribution is 2.14. The van der Waals surface area contributed by atoms with Gasteiger partial charge in [0.2, 0.25) is 5.91 Å². The van der Waals surface area contributed by atoms with E-state index in [2.05, 4.69) is 15.6 Å². The number of amides is 4. The van der Waals surface area contributed by atoms with Crippen LogP contribution in [-0.2, 0) is 16.0 Å². The standard InChI is InChI=1S/C16H16N4O3S/c21-13(19-15-17-7-9-24-15)10-12-14(22)20(16(23)18-12)8-6-11-4-2-1-3-5-11/h1-5,7,9,12H,6,8,10H2,(H,18,23)(H,17,19,21)/t12-/m1/s1. The number of carbonyl (C=O) groups excluding carboxylic acids is 3. The zero-order valence-corrected chi connectivity index (χ0v) is 13.6. The highest BCUT2D eigenvalue weighted by molar-refractivity contribution is 7.13. The fourth-order valence-corrected chi connectivity index (χ4v) is 3.00. The van der Waals surface area contributed by atoms with Crippen molar-refractivity contribution < 1.29 is 14.4 Å². The number of anilines is 1. The van der Waals surface area contributed by atoms with Crippen molar-refractivity contribution in [2.75, 3.05) is 11.9 Å². The van der Waals surface area contributed by atoms with Crippen molar-refractivity contribution in [3.63, 3.8) is 0 Å². The smallest absolute Gasteiger partial charge is 0.324 e. The van der Waals surface area contributed by atoms with Gasteiger partial charge in [-0.1, -0.05) is 30.3 Å². The molecule has 0 radical (unpaired) electrons. The molecule has 1 aromatic heterocycles. The largest absolute Gasteiger partial charge is 0.325 e. The number of hydrogen-bond acceptors (Lipinski definition) is 5. The lowest BCUT2D eigenvalue weighted by Crippen LogP contribution is -2.34. The molecule has 1 fully saturated rings. The number of nitrogens with one attached hydrogen (secondary N) is 2. The molecule has 24 heavy (non-hydrogen) atoms. The first-order valence-electron chi connectivity index (χ1n) is 7.48. The van der Waals surface area contributed by atoms with Crippen LogP contribution in [0.1, 0.15) is 12.0 Å². The van der Waals surface area contributed by atoms with Gasteiger partial charge in [-0.15, -0.1) is 11.3 Å². The average molecular weight is 344 g/mol.